The van der Waals surface area contributed by atoms with Crippen LogP contribution in [0.25, 0.3) is 0 Å². The molecule has 0 unspecified atom stereocenters. The fraction of sp³-hybridized carbons (Fsp3) is 0.429. The molecule has 3 saturated carbocycles. The van der Waals surface area contributed by atoms with Gasteiger partial charge in [-0.1, -0.05) is 6.07 Å². The summed E-state index contributed by atoms with van der Waals surface area (Å²) in [5.41, 5.74) is -1.52. The second-order valence-electron chi connectivity index (χ2n) is 5.74. The Bertz CT molecular complexity index is 610. The van der Waals surface area contributed by atoms with Crippen LogP contribution in [0.3, 0.4) is 0 Å². The van der Waals surface area contributed by atoms with Gasteiger partial charge in [-0.25, -0.2) is 0 Å². The number of nitrogens with one attached hydrogen (secondary N) is 1. The molecule has 0 atom stereocenters. The Labute approximate surface area is 113 Å². The van der Waals surface area contributed by atoms with E-state index in [9.17, 15) is 18.0 Å². The van der Waals surface area contributed by atoms with Crippen molar-refractivity contribution in [2.45, 2.75) is 31.0 Å². The zero-order valence-corrected chi connectivity index (χ0v) is 10.4. The molecule has 2 bridgehead atoms. The summed E-state index contributed by atoms with van der Waals surface area (Å²) in [5.74, 6) is -0.512. The van der Waals surface area contributed by atoms with Gasteiger partial charge in [-0.15, -0.1) is 0 Å². The zero-order chi connectivity index (χ0) is 14.6. The van der Waals surface area contributed by atoms with Crippen molar-refractivity contribution in [2.24, 2.45) is 5.41 Å². The third-order valence-electron chi connectivity index (χ3n) is 4.10. The van der Waals surface area contributed by atoms with Gasteiger partial charge in [-0.3, -0.25) is 4.79 Å². The van der Waals surface area contributed by atoms with Gasteiger partial charge in [0.05, 0.1) is 17.0 Å². The Kier molecular flexibility index (Phi) is 2.43. The largest absolute Gasteiger partial charge is 0.416 e. The first-order valence-electron chi connectivity index (χ1n) is 6.19. The van der Waals surface area contributed by atoms with Crippen LogP contribution in [0, 0.1) is 16.7 Å². The lowest BCUT2D eigenvalue weighted by atomic mass is 9.40. The minimum atomic E-state index is -4.46. The zero-order valence-electron chi connectivity index (χ0n) is 10.4. The number of rotatable bonds is 2. The van der Waals surface area contributed by atoms with Crippen molar-refractivity contribution in [3.63, 3.8) is 0 Å². The van der Waals surface area contributed by atoms with E-state index in [1.807, 2.05) is 0 Å². The average molecular weight is 280 g/mol. The number of amides is 1. The maximum atomic E-state index is 12.6. The van der Waals surface area contributed by atoms with E-state index < -0.39 is 17.6 Å². The molecule has 1 N–H and O–H groups in total. The number of hydrogen-bond acceptors (Lipinski definition) is 2. The van der Waals surface area contributed by atoms with Gasteiger partial charge in [0.1, 0.15) is 0 Å². The summed E-state index contributed by atoms with van der Waals surface area (Å²) >= 11 is 0. The van der Waals surface area contributed by atoms with Crippen LogP contribution in [0.4, 0.5) is 13.2 Å². The summed E-state index contributed by atoms with van der Waals surface area (Å²) in [6, 6.07) is 6.57. The minimum absolute atomic E-state index is 0.00411. The summed E-state index contributed by atoms with van der Waals surface area (Å²) in [4.78, 5) is 12.0. The van der Waals surface area contributed by atoms with Gasteiger partial charge < -0.3 is 5.32 Å². The molecule has 0 radical (unpaired) electrons. The predicted molar refractivity (Wildman–Crippen MR) is 63.5 cm³/mol. The predicted octanol–water partition coefficient (Wildman–Crippen LogP) is 2.88. The summed E-state index contributed by atoms with van der Waals surface area (Å²) in [6.07, 6.45) is -2.67. The van der Waals surface area contributed by atoms with E-state index in [1.165, 1.54) is 12.1 Å². The molecule has 4 rings (SSSR count). The molecule has 0 aliphatic heterocycles. The van der Waals surface area contributed by atoms with Crippen molar-refractivity contribution in [3.8, 4) is 6.07 Å². The minimum Gasteiger partial charge on any atom is -0.346 e. The molecule has 0 saturated heterocycles. The standard InChI is InChI=1S/C14H11F3N2O/c15-14(16,17)10-3-1-2-9(4-10)11(20)19-13-5-12(6-13,7-13)8-18/h1-4H,5-7H2,(H,19,20). The SMILES string of the molecule is N#CC12CC(NC(=O)c3cccc(C(F)(F)F)c3)(C1)C2. The number of carbonyl (C=O) groups is 1. The van der Waals surface area contributed by atoms with Crippen molar-refractivity contribution in [3.05, 3.63) is 35.4 Å². The van der Waals surface area contributed by atoms with Gasteiger partial charge in [0.15, 0.2) is 0 Å². The molecular formula is C14H11F3N2O. The Morgan fingerprint density at radius 3 is 2.50 bits per heavy atom. The summed E-state index contributed by atoms with van der Waals surface area (Å²) in [5, 5.41) is 11.6. The van der Waals surface area contributed by atoms with E-state index in [4.69, 9.17) is 5.26 Å². The summed E-state index contributed by atoms with van der Waals surface area (Å²) in [6.45, 7) is 0. The third-order valence-corrected chi connectivity index (χ3v) is 4.10. The van der Waals surface area contributed by atoms with Crippen molar-refractivity contribution in [2.75, 3.05) is 0 Å². The van der Waals surface area contributed by atoms with Crippen LogP contribution in [0.2, 0.25) is 0 Å². The molecule has 3 aliphatic carbocycles. The molecule has 1 aromatic carbocycles. The molecule has 3 nitrogen and oxygen atoms in total. The summed E-state index contributed by atoms with van der Waals surface area (Å²) < 4.78 is 37.7. The highest BCUT2D eigenvalue weighted by Crippen LogP contribution is 2.66. The highest BCUT2D eigenvalue weighted by atomic mass is 19.4. The quantitative estimate of drug-likeness (QED) is 0.905. The molecule has 6 heteroatoms. The second-order valence-corrected chi connectivity index (χ2v) is 5.74. The number of hydrogen-bond donors (Lipinski definition) is 1. The molecule has 0 heterocycles. The van der Waals surface area contributed by atoms with E-state index in [1.54, 1.807) is 0 Å². The third kappa shape index (κ3) is 1.85. The molecule has 1 amide bonds. The lowest BCUT2D eigenvalue weighted by Crippen LogP contribution is -2.74. The van der Waals surface area contributed by atoms with Gasteiger partial charge in [-0.2, -0.15) is 18.4 Å². The maximum absolute atomic E-state index is 12.6. The van der Waals surface area contributed by atoms with Crippen molar-refractivity contribution < 1.29 is 18.0 Å². The number of nitriles is 1. The number of nitrogens with zero attached hydrogens (tertiary/aromatic N) is 1. The topological polar surface area (TPSA) is 52.9 Å². The van der Waals surface area contributed by atoms with Crippen LogP contribution in [0.5, 0.6) is 0 Å². The first kappa shape index (κ1) is 13.0. The lowest BCUT2D eigenvalue weighted by Gasteiger charge is -2.66. The van der Waals surface area contributed by atoms with Gasteiger partial charge in [0, 0.05) is 11.1 Å². The maximum Gasteiger partial charge on any atom is 0.416 e. The molecule has 104 valence electrons. The highest BCUT2D eigenvalue weighted by molar-refractivity contribution is 5.95. The first-order chi connectivity index (χ1) is 9.28. The number of halogens is 3. The van der Waals surface area contributed by atoms with E-state index in [0.717, 1.165) is 12.1 Å². The fourth-order valence-corrected chi connectivity index (χ4v) is 3.19. The van der Waals surface area contributed by atoms with Crippen LogP contribution >= 0.6 is 0 Å². The van der Waals surface area contributed by atoms with Crippen LogP contribution in [-0.4, -0.2) is 11.4 Å². The Hall–Kier alpha value is -2.03. The van der Waals surface area contributed by atoms with Crippen LogP contribution < -0.4 is 5.32 Å². The van der Waals surface area contributed by atoms with Gasteiger partial charge in [0.2, 0.25) is 0 Å². The van der Waals surface area contributed by atoms with Gasteiger partial charge in [-0.05, 0) is 37.5 Å². The fourth-order valence-electron chi connectivity index (χ4n) is 3.19. The second kappa shape index (κ2) is 3.75. The number of carbonyl (C=O) groups excluding carboxylic acids is 1. The van der Waals surface area contributed by atoms with E-state index >= 15 is 0 Å². The van der Waals surface area contributed by atoms with E-state index in [0.29, 0.717) is 19.3 Å². The molecule has 1 aromatic rings. The highest BCUT2D eigenvalue weighted by Gasteiger charge is 2.69. The van der Waals surface area contributed by atoms with Crippen LogP contribution in [-0.2, 0) is 6.18 Å². The summed E-state index contributed by atoms with van der Waals surface area (Å²) in [7, 11) is 0. The molecule has 20 heavy (non-hydrogen) atoms. The molecule has 3 aliphatic rings. The van der Waals surface area contributed by atoms with Gasteiger partial charge >= 0.3 is 6.18 Å². The van der Waals surface area contributed by atoms with Crippen LogP contribution in [0.15, 0.2) is 24.3 Å². The van der Waals surface area contributed by atoms with E-state index in [2.05, 4.69) is 11.4 Å². The normalized spacial score (nSPS) is 30.7. The molecule has 0 aromatic heterocycles. The Morgan fingerprint density at radius 1 is 1.30 bits per heavy atom. The van der Waals surface area contributed by atoms with E-state index in [-0.39, 0.29) is 16.5 Å². The average Bonchev–Trinajstić information content (AvgIpc) is 2.30. The van der Waals surface area contributed by atoms with Crippen LogP contribution in [0.1, 0.15) is 35.2 Å². The smallest absolute Gasteiger partial charge is 0.346 e. The van der Waals surface area contributed by atoms with Crippen molar-refractivity contribution in [1.82, 2.24) is 5.32 Å². The van der Waals surface area contributed by atoms with Crippen molar-refractivity contribution >= 4 is 5.91 Å². The number of alkyl halides is 3. The molecule has 0 spiro atoms. The number of benzene rings is 1. The van der Waals surface area contributed by atoms with Crippen molar-refractivity contribution in [1.29, 1.82) is 5.26 Å². The Balaban J connectivity index is 1.72. The monoisotopic (exact) mass is 280 g/mol. The first-order valence-corrected chi connectivity index (χ1v) is 6.19. The Morgan fingerprint density at radius 2 is 1.95 bits per heavy atom. The molecular weight excluding hydrogens is 269 g/mol. The van der Waals surface area contributed by atoms with Gasteiger partial charge in [0.25, 0.3) is 5.91 Å². The lowest BCUT2D eigenvalue weighted by molar-refractivity contribution is -0.137. The molecule has 3 fully saturated rings.